The number of carbonyl (C=O) groups is 1. The van der Waals surface area contributed by atoms with Gasteiger partial charge in [-0.2, -0.15) is 18.4 Å². The van der Waals surface area contributed by atoms with Crippen LogP contribution in [-0.2, 0) is 4.79 Å². The van der Waals surface area contributed by atoms with Crippen LogP contribution in [0.15, 0.2) is 24.5 Å². The highest BCUT2D eigenvalue weighted by molar-refractivity contribution is 5.92. The van der Waals surface area contributed by atoms with Gasteiger partial charge in [0.2, 0.25) is 5.91 Å². The van der Waals surface area contributed by atoms with Crippen LogP contribution < -0.4 is 4.90 Å². The lowest BCUT2D eigenvalue weighted by Crippen LogP contribution is -2.46. The Morgan fingerprint density at radius 3 is 2.57 bits per heavy atom. The van der Waals surface area contributed by atoms with Crippen molar-refractivity contribution in [2.45, 2.75) is 25.4 Å². The molecule has 0 radical (unpaired) electrons. The molecule has 9 heteroatoms. The number of halogens is 3. The number of carbonyl (C=O) groups excluding carboxylic acids is 1. The van der Waals surface area contributed by atoms with Crippen LogP contribution in [0.1, 0.15) is 24.8 Å². The van der Waals surface area contributed by atoms with E-state index >= 15 is 0 Å². The van der Waals surface area contributed by atoms with Crippen molar-refractivity contribution in [1.29, 1.82) is 5.26 Å². The Labute approximate surface area is 172 Å². The zero-order chi connectivity index (χ0) is 21.5. The molecule has 0 spiro atoms. The number of likely N-dealkylation sites (tertiary alicyclic amines) is 1. The van der Waals surface area contributed by atoms with E-state index < -0.39 is 12.1 Å². The molecule has 0 saturated carbocycles. The molecule has 2 aromatic rings. The molecule has 1 aromatic carbocycles. The fraction of sp³-hybridized carbons (Fsp3) is 0.524. The van der Waals surface area contributed by atoms with Crippen LogP contribution in [0.5, 0.6) is 0 Å². The SMILES string of the molecule is CN1CCC(CC2CC(C(F)(F)F)CN(c3ccc(C#N)c4nccnc34)C2)C1=O. The molecule has 2 aliphatic rings. The highest BCUT2D eigenvalue weighted by Crippen LogP contribution is 2.41. The number of alkyl halides is 3. The Morgan fingerprint density at radius 2 is 1.93 bits per heavy atom. The van der Waals surface area contributed by atoms with Gasteiger partial charge in [-0.3, -0.25) is 14.8 Å². The van der Waals surface area contributed by atoms with Crippen LogP contribution in [0.3, 0.4) is 0 Å². The summed E-state index contributed by atoms with van der Waals surface area (Å²) < 4.78 is 41.1. The predicted octanol–water partition coefficient (Wildman–Crippen LogP) is 3.37. The van der Waals surface area contributed by atoms with Gasteiger partial charge in [-0.15, -0.1) is 0 Å². The maximum absolute atomic E-state index is 13.7. The quantitative estimate of drug-likeness (QED) is 0.766. The molecule has 158 valence electrons. The molecule has 2 aliphatic heterocycles. The minimum Gasteiger partial charge on any atom is -0.369 e. The number of hydrogen-bond acceptors (Lipinski definition) is 5. The van der Waals surface area contributed by atoms with Crippen LogP contribution in [0.2, 0.25) is 0 Å². The third kappa shape index (κ3) is 3.78. The summed E-state index contributed by atoms with van der Waals surface area (Å²) in [5.41, 5.74) is 1.69. The van der Waals surface area contributed by atoms with Crippen LogP contribution in [-0.4, -0.2) is 53.6 Å². The predicted molar refractivity (Wildman–Crippen MR) is 104 cm³/mol. The van der Waals surface area contributed by atoms with Crippen LogP contribution in [0.4, 0.5) is 18.9 Å². The van der Waals surface area contributed by atoms with Crippen molar-refractivity contribution in [2.24, 2.45) is 17.8 Å². The molecule has 3 atom stereocenters. The first-order valence-corrected chi connectivity index (χ1v) is 9.98. The van der Waals surface area contributed by atoms with Gasteiger partial charge >= 0.3 is 6.18 Å². The largest absolute Gasteiger partial charge is 0.393 e. The number of fused-ring (bicyclic) bond motifs is 1. The average molecular weight is 417 g/mol. The molecule has 1 amide bonds. The van der Waals surface area contributed by atoms with E-state index in [4.69, 9.17) is 0 Å². The number of amides is 1. The number of nitrogens with zero attached hydrogens (tertiary/aromatic N) is 5. The zero-order valence-electron chi connectivity index (χ0n) is 16.6. The van der Waals surface area contributed by atoms with E-state index in [0.717, 1.165) is 0 Å². The summed E-state index contributed by atoms with van der Waals surface area (Å²) in [5, 5.41) is 9.32. The van der Waals surface area contributed by atoms with Crippen molar-refractivity contribution in [3.63, 3.8) is 0 Å². The molecule has 3 heterocycles. The Hall–Kier alpha value is -2.89. The van der Waals surface area contributed by atoms with Gasteiger partial charge in [-0.05, 0) is 37.3 Å². The van der Waals surface area contributed by atoms with Crippen molar-refractivity contribution in [2.75, 3.05) is 31.6 Å². The van der Waals surface area contributed by atoms with Crippen LogP contribution in [0.25, 0.3) is 11.0 Å². The Morgan fingerprint density at radius 1 is 1.20 bits per heavy atom. The lowest BCUT2D eigenvalue weighted by Gasteiger charge is -2.40. The summed E-state index contributed by atoms with van der Waals surface area (Å²) in [5.74, 6) is -1.93. The molecule has 0 aliphatic carbocycles. The highest BCUT2D eigenvalue weighted by Gasteiger charge is 2.46. The summed E-state index contributed by atoms with van der Waals surface area (Å²) in [6.07, 6.45) is -0.218. The van der Waals surface area contributed by atoms with E-state index in [0.29, 0.717) is 48.2 Å². The smallest absolute Gasteiger partial charge is 0.369 e. The average Bonchev–Trinajstić information content (AvgIpc) is 3.04. The maximum atomic E-state index is 13.7. The van der Waals surface area contributed by atoms with Gasteiger partial charge in [0.25, 0.3) is 0 Å². The van der Waals surface area contributed by atoms with E-state index in [1.807, 2.05) is 0 Å². The number of hydrogen-bond donors (Lipinski definition) is 0. The molecule has 1 aromatic heterocycles. The standard InChI is InChI=1S/C21H22F3N5O/c1-28-7-4-14(20(28)30)8-13-9-16(21(22,23)24)12-29(11-13)17-3-2-15(10-25)18-19(17)27-6-5-26-18/h2-3,5-6,13-14,16H,4,7-9,11-12H2,1H3. The summed E-state index contributed by atoms with van der Waals surface area (Å²) >= 11 is 0. The normalized spacial score (nSPS) is 25.0. The van der Waals surface area contributed by atoms with E-state index in [1.165, 1.54) is 12.4 Å². The van der Waals surface area contributed by atoms with Gasteiger partial charge in [0.15, 0.2) is 0 Å². The van der Waals surface area contributed by atoms with E-state index in [-0.39, 0.29) is 30.7 Å². The van der Waals surface area contributed by atoms with Crippen LogP contribution in [0, 0.1) is 29.1 Å². The van der Waals surface area contributed by atoms with E-state index in [1.54, 1.807) is 29.0 Å². The second-order valence-corrected chi connectivity index (χ2v) is 8.22. The van der Waals surface area contributed by atoms with Crippen LogP contribution >= 0.6 is 0 Å². The summed E-state index contributed by atoms with van der Waals surface area (Å²) in [6.45, 7) is 0.895. The Kier molecular flexibility index (Phi) is 5.26. The first-order chi connectivity index (χ1) is 14.3. The minimum atomic E-state index is -4.32. The molecule has 3 unspecified atom stereocenters. The number of aromatic nitrogens is 2. The Balaban J connectivity index is 1.66. The highest BCUT2D eigenvalue weighted by atomic mass is 19.4. The van der Waals surface area contributed by atoms with Gasteiger partial charge in [0, 0.05) is 45.0 Å². The van der Waals surface area contributed by atoms with Gasteiger partial charge in [-0.25, -0.2) is 0 Å². The molecule has 0 bridgehead atoms. The summed E-state index contributed by atoms with van der Waals surface area (Å²) in [7, 11) is 1.73. The second kappa shape index (κ2) is 7.74. The van der Waals surface area contributed by atoms with Crippen molar-refractivity contribution in [3.8, 4) is 6.07 Å². The van der Waals surface area contributed by atoms with Gasteiger partial charge in [0.1, 0.15) is 17.1 Å². The lowest BCUT2D eigenvalue weighted by atomic mass is 9.82. The van der Waals surface area contributed by atoms with Gasteiger partial charge in [-0.1, -0.05) is 0 Å². The zero-order valence-corrected chi connectivity index (χ0v) is 16.6. The monoisotopic (exact) mass is 417 g/mol. The van der Waals surface area contributed by atoms with Crippen molar-refractivity contribution in [1.82, 2.24) is 14.9 Å². The topological polar surface area (TPSA) is 73.1 Å². The summed E-state index contributed by atoms with van der Waals surface area (Å²) in [6, 6.07) is 5.29. The molecule has 6 nitrogen and oxygen atoms in total. The van der Waals surface area contributed by atoms with Gasteiger partial charge < -0.3 is 9.80 Å². The van der Waals surface area contributed by atoms with Gasteiger partial charge in [0.05, 0.1) is 17.2 Å². The number of anilines is 1. The fourth-order valence-electron chi connectivity index (χ4n) is 4.71. The molecular formula is C21H22F3N5O. The number of rotatable bonds is 3. The van der Waals surface area contributed by atoms with Crippen molar-refractivity contribution >= 4 is 22.6 Å². The third-order valence-corrected chi connectivity index (χ3v) is 6.22. The number of benzene rings is 1. The van der Waals surface area contributed by atoms with Crippen molar-refractivity contribution < 1.29 is 18.0 Å². The maximum Gasteiger partial charge on any atom is 0.393 e. The lowest BCUT2D eigenvalue weighted by molar-refractivity contribution is -0.179. The molecule has 30 heavy (non-hydrogen) atoms. The molecular weight excluding hydrogens is 395 g/mol. The summed E-state index contributed by atoms with van der Waals surface area (Å²) in [4.78, 5) is 24.2. The second-order valence-electron chi connectivity index (χ2n) is 8.22. The molecule has 2 fully saturated rings. The van der Waals surface area contributed by atoms with E-state index in [9.17, 15) is 23.2 Å². The number of piperidine rings is 1. The first-order valence-electron chi connectivity index (χ1n) is 9.98. The molecule has 0 N–H and O–H groups in total. The minimum absolute atomic E-state index is 0.0189. The third-order valence-electron chi connectivity index (χ3n) is 6.22. The molecule has 4 rings (SSSR count). The fourth-order valence-corrected chi connectivity index (χ4v) is 4.71. The Bertz CT molecular complexity index is 1000. The van der Waals surface area contributed by atoms with Crippen molar-refractivity contribution in [3.05, 3.63) is 30.1 Å². The number of nitriles is 1. The van der Waals surface area contributed by atoms with E-state index in [2.05, 4.69) is 16.0 Å². The molecule has 2 saturated heterocycles. The first kappa shape index (κ1) is 20.4.